The zero-order valence-electron chi connectivity index (χ0n) is 4.02. The molecule has 0 saturated carbocycles. The van der Waals surface area contributed by atoms with Crippen molar-refractivity contribution in [1.29, 1.82) is 0 Å². The average Bonchev–Trinajstić information content (AvgIpc) is 0.811. The summed E-state index contributed by atoms with van der Waals surface area (Å²) >= 11 is 0. The van der Waals surface area contributed by atoms with Crippen molar-refractivity contribution in [2.45, 2.75) is 0 Å². The van der Waals surface area contributed by atoms with E-state index in [1.807, 2.05) is 26.0 Å². The minimum atomic E-state index is 0. The summed E-state index contributed by atoms with van der Waals surface area (Å²) in [7, 11) is 6.00. The van der Waals surface area contributed by atoms with Crippen LogP contribution in [-0.2, 0) is 0 Å². The molecule has 0 aliphatic carbocycles. The number of nitrogens with zero attached hydrogens (tertiary/aromatic N) is 1. The van der Waals surface area contributed by atoms with Gasteiger partial charge in [0, 0.05) is 41.3 Å². The fourth-order valence-electron chi connectivity index (χ4n) is 0. The van der Waals surface area contributed by atoms with E-state index in [0.29, 0.717) is 0 Å². The third kappa shape index (κ3) is 33.6. The van der Waals surface area contributed by atoms with Gasteiger partial charge in [-0.25, -0.2) is 0 Å². The molecule has 0 bridgehead atoms. The Bertz CT molecular complexity index is 11.6. The molecule has 0 aliphatic heterocycles. The first-order chi connectivity index (χ1) is 1.73. The summed E-state index contributed by atoms with van der Waals surface area (Å²) in [5.74, 6) is 0. The maximum absolute atomic E-state index is 2.00. The van der Waals surface area contributed by atoms with Gasteiger partial charge in [0.2, 0.25) is 0 Å². The molecular weight excluding hydrogens is 191 g/mol. The third-order valence-electron chi connectivity index (χ3n) is 0. The molecule has 0 heterocycles. The quantitative estimate of drug-likeness (QED) is 0.539. The Kier molecular flexibility index (Phi) is 10.2. The number of rotatable bonds is 0. The molecule has 1 nitrogen and oxygen atoms in total. The van der Waals surface area contributed by atoms with Crippen LogP contribution in [0.2, 0.25) is 0 Å². The molecule has 2 heteroatoms. The van der Waals surface area contributed by atoms with Crippen molar-refractivity contribution in [2.24, 2.45) is 0 Å². The standard InChI is InChI=1S/C3H9N.Pr/c1-4(2)3;/h1-3H3;. The largest absolute Gasteiger partial charge is 0.312 e. The summed E-state index contributed by atoms with van der Waals surface area (Å²) < 4.78 is 0. The minimum Gasteiger partial charge on any atom is -0.312 e. The van der Waals surface area contributed by atoms with Crippen LogP contribution in [0.4, 0.5) is 0 Å². The molecule has 0 aliphatic rings. The maximum atomic E-state index is 2.00. The number of hydrogen-bond donors (Lipinski definition) is 0. The van der Waals surface area contributed by atoms with Crippen molar-refractivity contribution in [3.05, 3.63) is 0 Å². The van der Waals surface area contributed by atoms with Gasteiger partial charge in [-0.15, -0.1) is 0 Å². The van der Waals surface area contributed by atoms with Crippen LogP contribution in [0.1, 0.15) is 0 Å². The van der Waals surface area contributed by atoms with Gasteiger partial charge in [0.05, 0.1) is 0 Å². The fraction of sp³-hybridized carbons (Fsp3) is 1.00. The van der Waals surface area contributed by atoms with E-state index in [0.717, 1.165) is 0 Å². The SMILES string of the molecule is CN(C)C.[Pr]. The van der Waals surface area contributed by atoms with Crippen LogP contribution < -0.4 is 0 Å². The normalized spacial score (nSPS) is 7.20. The molecule has 0 amide bonds. The van der Waals surface area contributed by atoms with Crippen LogP contribution in [0.15, 0.2) is 0 Å². The van der Waals surface area contributed by atoms with Gasteiger partial charge in [-0.05, 0) is 21.1 Å². The van der Waals surface area contributed by atoms with Gasteiger partial charge in [-0.1, -0.05) is 0 Å². The van der Waals surface area contributed by atoms with Crippen molar-refractivity contribution < 1.29 is 41.3 Å². The second-order valence-corrected chi connectivity index (χ2v) is 1.34. The zero-order chi connectivity index (χ0) is 3.58. The molecule has 5 heavy (non-hydrogen) atoms. The Morgan fingerprint density at radius 2 is 1.00 bits per heavy atom. The van der Waals surface area contributed by atoms with Crippen molar-refractivity contribution in [3.63, 3.8) is 0 Å². The Morgan fingerprint density at radius 3 is 1.00 bits per heavy atom. The second kappa shape index (κ2) is 5.32. The summed E-state index contributed by atoms with van der Waals surface area (Å²) in [6, 6.07) is 0. The Morgan fingerprint density at radius 1 is 1.00 bits per heavy atom. The average molecular weight is 200 g/mol. The Hall–Kier alpha value is 1.32. The van der Waals surface area contributed by atoms with Crippen LogP contribution >= 0.6 is 0 Å². The number of hydrogen-bond acceptors (Lipinski definition) is 1. The van der Waals surface area contributed by atoms with Crippen molar-refractivity contribution >= 4 is 0 Å². The van der Waals surface area contributed by atoms with Crippen LogP contribution in [0.5, 0.6) is 0 Å². The minimum absolute atomic E-state index is 0. The first-order valence-electron chi connectivity index (χ1n) is 1.34. The molecule has 0 aromatic heterocycles. The zero-order valence-corrected chi connectivity index (χ0v) is 7.73. The maximum Gasteiger partial charge on any atom is 0 e. The van der Waals surface area contributed by atoms with Gasteiger partial charge in [0.15, 0.2) is 0 Å². The molecule has 0 fully saturated rings. The van der Waals surface area contributed by atoms with Crippen molar-refractivity contribution in [1.82, 2.24) is 4.90 Å². The third-order valence-corrected chi connectivity index (χ3v) is 0. The summed E-state index contributed by atoms with van der Waals surface area (Å²) in [4.78, 5) is 2.00. The fourth-order valence-corrected chi connectivity index (χ4v) is 0. The molecule has 0 saturated heterocycles. The van der Waals surface area contributed by atoms with E-state index in [4.69, 9.17) is 0 Å². The van der Waals surface area contributed by atoms with Gasteiger partial charge in [-0.3, -0.25) is 0 Å². The summed E-state index contributed by atoms with van der Waals surface area (Å²) in [5.41, 5.74) is 0. The Balaban J connectivity index is 0. The van der Waals surface area contributed by atoms with Crippen LogP contribution in [-0.4, -0.2) is 26.0 Å². The van der Waals surface area contributed by atoms with E-state index in [1.54, 1.807) is 0 Å². The molecule has 0 unspecified atom stereocenters. The van der Waals surface area contributed by atoms with E-state index >= 15 is 0 Å². The van der Waals surface area contributed by atoms with Gasteiger partial charge in [0.1, 0.15) is 0 Å². The monoisotopic (exact) mass is 200 g/mol. The summed E-state index contributed by atoms with van der Waals surface area (Å²) in [5, 5.41) is 0. The van der Waals surface area contributed by atoms with E-state index in [2.05, 4.69) is 0 Å². The van der Waals surface area contributed by atoms with Crippen molar-refractivity contribution in [2.75, 3.05) is 21.1 Å². The van der Waals surface area contributed by atoms with E-state index in [1.165, 1.54) is 0 Å². The first kappa shape index (κ1) is 9.59. The van der Waals surface area contributed by atoms with Gasteiger partial charge >= 0.3 is 0 Å². The smallest absolute Gasteiger partial charge is 0 e. The van der Waals surface area contributed by atoms with E-state index in [9.17, 15) is 0 Å². The molecule has 0 spiro atoms. The second-order valence-electron chi connectivity index (χ2n) is 1.34. The van der Waals surface area contributed by atoms with Gasteiger partial charge in [0.25, 0.3) is 0 Å². The molecular formula is C3H9NPr. The molecule has 0 aromatic rings. The van der Waals surface area contributed by atoms with E-state index in [-0.39, 0.29) is 41.3 Å². The molecule has 0 N–H and O–H groups in total. The first-order valence-corrected chi connectivity index (χ1v) is 1.34. The van der Waals surface area contributed by atoms with Crippen molar-refractivity contribution in [3.8, 4) is 0 Å². The molecule has 1 radical (unpaired) electrons. The predicted octanol–water partition coefficient (Wildman–Crippen LogP) is 0.178. The van der Waals surface area contributed by atoms with Crippen LogP contribution in [0.25, 0.3) is 0 Å². The Labute approximate surface area is 66.7 Å². The van der Waals surface area contributed by atoms with Gasteiger partial charge in [-0.2, -0.15) is 0 Å². The topological polar surface area (TPSA) is 3.24 Å². The van der Waals surface area contributed by atoms with E-state index < -0.39 is 0 Å². The summed E-state index contributed by atoms with van der Waals surface area (Å²) in [6.45, 7) is 0. The molecule has 29 valence electrons. The van der Waals surface area contributed by atoms with Crippen LogP contribution in [0, 0.1) is 41.3 Å². The molecule has 0 atom stereocenters. The summed E-state index contributed by atoms with van der Waals surface area (Å²) in [6.07, 6.45) is 0. The van der Waals surface area contributed by atoms with Crippen LogP contribution in [0.3, 0.4) is 0 Å². The predicted molar refractivity (Wildman–Crippen MR) is 19.6 cm³/mol. The van der Waals surface area contributed by atoms with Gasteiger partial charge < -0.3 is 4.90 Å². The molecule has 0 aromatic carbocycles. The molecule has 0 rings (SSSR count).